The first kappa shape index (κ1) is 11.4. The minimum atomic E-state index is -1.07. The van der Waals surface area contributed by atoms with Crippen LogP contribution in [0.2, 0.25) is 0 Å². The Morgan fingerprint density at radius 3 is 3.06 bits per heavy atom. The topological polar surface area (TPSA) is 82.5 Å². The zero-order valence-corrected chi connectivity index (χ0v) is 9.38. The van der Waals surface area contributed by atoms with Gasteiger partial charge in [-0.1, -0.05) is 6.07 Å². The van der Waals surface area contributed by atoms with E-state index in [0.717, 1.165) is 0 Å². The summed E-state index contributed by atoms with van der Waals surface area (Å²) >= 11 is 0. The molecule has 0 bridgehead atoms. The molecule has 90 valence electrons. The number of anilines is 1. The van der Waals surface area contributed by atoms with Gasteiger partial charge in [0.05, 0.1) is 0 Å². The monoisotopic (exact) mass is 235 g/mol. The standard InChI is InChI=1S/C11H13N3O3/c1-7-10(15)12-5-6-14(7)9-4-2-3-8(13-9)11(16)17/h2-4,7H,5-6H2,1H3,(H,12,15)(H,16,17). The molecule has 2 rings (SSSR count). The maximum atomic E-state index is 11.5. The molecule has 1 atom stereocenters. The molecule has 1 aliphatic heterocycles. The van der Waals surface area contributed by atoms with E-state index in [1.54, 1.807) is 24.0 Å². The number of pyridine rings is 1. The predicted octanol–water partition coefficient (Wildman–Crippen LogP) is 0.104. The van der Waals surface area contributed by atoms with Gasteiger partial charge in [0.25, 0.3) is 0 Å². The normalized spacial score (nSPS) is 19.9. The number of carbonyl (C=O) groups excluding carboxylic acids is 1. The molecule has 2 N–H and O–H groups in total. The van der Waals surface area contributed by atoms with Crippen molar-refractivity contribution in [1.29, 1.82) is 0 Å². The fourth-order valence-corrected chi connectivity index (χ4v) is 1.80. The van der Waals surface area contributed by atoms with E-state index in [4.69, 9.17) is 5.11 Å². The number of carboxylic acids is 1. The van der Waals surface area contributed by atoms with Crippen molar-refractivity contribution < 1.29 is 14.7 Å². The van der Waals surface area contributed by atoms with Crippen molar-refractivity contribution in [3.63, 3.8) is 0 Å². The van der Waals surface area contributed by atoms with Crippen molar-refractivity contribution in [3.05, 3.63) is 23.9 Å². The number of carbonyl (C=O) groups is 2. The molecule has 1 aromatic rings. The molecule has 6 heteroatoms. The van der Waals surface area contributed by atoms with Gasteiger partial charge in [0.15, 0.2) is 5.69 Å². The zero-order chi connectivity index (χ0) is 12.4. The first-order valence-electron chi connectivity index (χ1n) is 5.34. The van der Waals surface area contributed by atoms with E-state index >= 15 is 0 Å². The number of aromatic carboxylic acids is 1. The van der Waals surface area contributed by atoms with Crippen LogP contribution in [-0.2, 0) is 4.79 Å². The van der Waals surface area contributed by atoms with Gasteiger partial charge in [0.1, 0.15) is 11.9 Å². The third-order valence-corrected chi connectivity index (χ3v) is 2.75. The van der Waals surface area contributed by atoms with Crippen LogP contribution in [0.15, 0.2) is 18.2 Å². The average molecular weight is 235 g/mol. The number of nitrogens with one attached hydrogen (secondary N) is 1. The van der Waals surface area contributed by atoms with Gasteiger partial charge in [-0.3, -0.25) is 4.79 Å². The molecule has 0 spiro atoms. The maximum Gasteiger partial charge on any atom is 0.354 e. The molecule has 0 saturated carbocycles. The van der Waals surface area contributed by atoms with Gasteiger partial charge in [0.2, 0.25) is 5.91 Å². The van der Waals surface area contributed by atoms with Gasteiger partial charge >= 0.3 is 5.97 Å². The summed E-state index contributed by atoms with van der Waals surface area (Å²) < 4.78 is 0. The number of carboxylic acid groups (broad SMARTS) is 1. The third-order valence-electron chi connectivity index (χ3n) is 2.75. The smallest absolute Gasteiger partial charge is 0.354 e. The van der Waals surface area contributed by atoms with Gasteiger partial charge in [-0.15, -0.1) is 0 Å². The Hall–Kier alpha value is -2.11. The molecule has 1 amide bonds. The molecule has 0 aromatic carbocycles. The van der Waals surface area contributed by atoms with Crippen molar-refractivity contribution in [1.82, 2.24) is 10.3 Å². The maximum absolute atomic E-state index is 11.5. The summed E-state index contributed by atoms with van der Waals surface area (Å²) in [5.74, 6) is -0.619. The highest BCUT2D eigenvalue weighted by atomic mass is 16.4. The van der Waals surface area contributed by atoms with E-state index in [0.29, 0.717) is 18.9 Å². The lowest BCUT2D eigenvalue weighted by molar-refractivity contribution is -0.122. The fraction of sp³-hybridized carbons (Fsp3) is 0.364. The molecular weight excluding hydrogens is 222 g/mol. The second-order valence-electron chi connectivity index (χ2n) is 3.85. The lowest BCUT2D eigenvalue weighted by Gasteiger charge is -2.33. The number of hydrogen-bond acceptors (Lipinski definition) is 4. The Balaban J connectivity index is 2.29. The first-order valence-corrected chi connectivity index (χ1v) is 5.34. The minimum absolute atomic E-state index is 0.0133. The van der Waals surface area contributed by atoms with Crippen LogP contribution in [-0.4, -0.2) is 41.1 Å². The molecule has 1 aromatic heterocycles. The van der Waals surface area contributed by atoms with Gasteiger partial charge in [-0.25, -0.2) is 9.78 Å². The highest BCUT2D eigenvalue weighted by Crippen LogP contribution is 2.16. The average Bonchev–Trinajstić information content (AvgIpc) is 2.33. The lowest BCUT2D eigenvalue weighted by Crippen LogP contribution is -2.54. The van der Waals surface area contributed by atoms with Gasteiger partial charge < -0.3 is 15.3 Å². The van der Waals surface area contributed by atoms with E-state index in [1.807, 2.05) is 0 Å². The largest absolute Gasteiger partial charge is 0.477 e. The van der Waals surface area contributed by atoms with Crippen molar-refractivity contribution in [2.24, 2.45) is 0 Å². The Labute approximate surface area is 98.3 Å². The molecule has 1 fully saturated rings. The van der Waals surface area contributed by atoms with Crippen LogP contribution in [0, 0.1) is 0 Å². The minimum Gasteiger partial charge on any atom is -0.477 e. The number of hydrogen-bond donors (Lipinski definition) is 2. The van der Waals surface area contributed by atoms with E-state index < -0.39 is 5.97 Å². The van der Waals surface area contributed by atoms with Crippen LogP contribution in [0.4, 0.5) is 5.82 Å². The quantitative estimate of drug-likeness (QED) is 0.760. The number of nitrogens with zero attached hydrogens (tertiary/aromatic N) is 2. The summed E-state index contributed by atoms with van der Waals surface area (Å²) in [6.45, 7) is 2.94. The number of piperazine rings is 1. The Morgan fingerprint density at radius 1 is 1.59 bits per heavy atom. The van der Waals surface area contributed by atoms with Gasteiger partial charge in [0, 0.05) is 13.1 Å². The Kier molecular flexibility index (Phi) is 2.95. The van der Waals surface area contributed by atoms with Crippen molar-refractivity contribution in [3.8, 4) is 0 Å². The van der Waals surface area contributed by atoms with Crippen molar-refractivity contribution in [2.75, 3.05) is 18.0 Å². The molecule has 1 saturated heterocycles. The summed E-state index contributed by atoms with van der Waals surface area (Å²) in [5, 5.41) is 11.6. The molecule has 0 aliphatic carbocycles. The Bertz CT molecular complexity index is 461. The van der Waals surface area contributed by atoms with Crippen LogP contribution in [0.1, 0.15) is 17.4 Å². The molecule has 6 nitrogen and oxygen atoms in total. The summed E-state index contributed by atoms with van der Waals surface area (Å²) in [7, 11) is 0. The van der Waals surface area contributed by atoms with Gasteiger partial charge in [-0.05, 0) is 19.1 Å². The van der Waals surface area contributed by atoms with Crippen LogP contribution in [0.5, 0.6) is 0 Å². The van der Waals surface area contributed by atoms with Crippen LogP contribution >= 0.6 is 0 Å². The zero-order valence-electron chi connectivity index (χ0n) is 9.38. The Morgan fingerprint density at radius 2 is 2.35 bits per heavy atom. The predicted molar refractivity (Wildman–Crippen MR) is 61.0 cm³/mol. The SMILES string of the molecule is CC1C(=O)NCCN1c1cccc(C(=O)O)n1. The lowest BCUT2D eigenvalue weighted by atomic mass is 10.2. The molecule has 2 heterocycles. The highest BCUT2D eigenvalue weighted by molar-refractivity contribution is 5.87. The van der Waals surface area contributed by atoms with Crippen molar-refractivity contribution in [2.45, 2.75) is 13.0 Å². The van der Waals surface area contributed by atoms with Crippen molar-refractivity contribution >= 4 is 17.7 Å². The van der Waals surface area contributed by atoms with E-state index in [9.17, 15) is 9.59 Å². The molecule has 0 radical (unpaired) electrons. The summed E-state index contributed by atoms with van der Waals surface area (Å²) in [6, 6.07) is 4.44. The second-order valence-corrected chi connectivity index (χ2v) is 3.85. The van der Waals surface area contributed by atoms with E-state index in [-0.39, 0.29) is 17.6 Å². The van der Waals surface area contributed by atoms with E-state index in [2.05, 4.69) is 10.3 Å². The van der Waals surface area contributed by atoms with Crippen LogP contribution < -0.4 is 10.2 Å². The van der Waals surface area contributed by atoms with Crippen LogP contribution in [0.25, 0.3) is 0 Å². The number of aromatic nitrogens is 1. The summed E-state index contributed by atoms with van der Waals surface area (Å²) in [4.78, 5) is 28.1. The molecule has 1 unspecified atom stereocenters. The second kappa shape index (κ2) is 4.40. The van der Waals surface area contributed by atoms with Gasteiger partial charge in [-0.2, -0.15) is 0 Å². The molecule has 1 aliphatic rings. The first-order chi connectivity index (χ1) is 8.09. The number of amides is 1. The molecular formula is C11H13N3O3. The summed E-state index contributed by atoms with van der Waals surface area (Å²) in [6.07, 6.45) is 0. The fourth-order valence-electron chi connectivity index (χ4n) is 1.80. The number of rotatable bonds is 2. The molecule has 17 heavy (non-hydrogen) atoms. The third kappa shape index (κ3) is 2.20. The highest BCUT2D eigenvalue weighted by Gasteiger charge is 2.26. The van der Waals surface area contributed by atoms with Crippen LogP contribution in [0.3, 0.4) is 0 Å². The summed E-state index contributed by atoms with van der Waals surface area (Å²) in [5.41, 5.74) is -0.0133. The van der Waals surface area contributed by atoms with E-state index in [1.165, 1.54) is 6.07 Å².